The second-order valence-electron chi connectivity index (χ2n) is 6.74. The van der Waals surface area contributed by atoms with Crippen LogP contribution >= 0.6 is 0 Å². The van der Waals surface area contributed by atoms with Crippen LogP contribution in [0.3, 0.4) is 0 Å². The summed E-state index contributed by atoms with van der Waals surface area (Å²) < 4.78 is 5.27. The predicted molar refractivity (Wildman–Crippen MR) is 64.1 cm³/mol. The maximum atomic E-state index is 12.0. The molecular weight excluding hydrogens is 212 g/mol. The number of rotatable bonds is 2. The van der Waals surface area contributed by atoms with Gasteiger partial charge in [0, 0.05) is 0 Å². The van der Waals surface area contributed by atoms with Crippen molar-refractivity contribution in [3.63, 3.8) is 0 Å². The van der Waals surface area contributed by atoms with Crippen LogP contribution in [0.15, 0.2) is 0 Å². The molecule has 0 amide bonds. The normalized spacial score (nSPS) is 54.1. The Morgan fingerprint density at radius 3 is 2.59 bits per heavy atom. The molecule has 0 aromatic carbocycles. The first-order valence-corrected chi connectivity index (χ1v) is 7.46. The summed E-state index contributed by atoms with van der Waals surface area (Å²) in [6.07, 6.45) is 6.90. The van der Waals surface area contributed by atoms with Crippen LogP contribution in [0.2, 0.25) is 0 Å². The summed E-state index contributed by atoms with van der Waals surface area (Å²) in [7, 11) is 0. The lowest BCUT2D eigenvalue weighted by atomic mass is 9.67. The first-order chi connectivity index (χ1) is 8.29. The van der Waals surface area contributed by atoms with Crippen molar-refractivity contribution in [3.05, 3.63) is 0 Å². The van der Waals surface area contributed by atoms with Crippen LogP contribution in [0.25, 0.3) is 0 Å². The lowest BCUT2D eigenvalue weighted by Gasteiger charge is -2.37. The second kappa shape index (κ2) is 3.49. The summed E-state index contributed by atoms with van der Waals surface area (Å²) in [6, 6.07) is 0. The highest BCUT2D eigenvalue weighted by molar-refractivity contribution is 5.73. The van der Waals surface area contributed by atoms with Gasteiger partial charge in [-0.2, -0.15) is 0 Å². The molecule has 0 N–H and O–H groups in total. The summed E-state index contributed by atoms with van der Waals surface area (Å²) in [6.45, 7) is 2.47. The highest BCUT2D eigenvalue weighted by Crippen LogP contribution is 2.68. The number of hydrogen-bond acceptors (Lipinski definition) is 2. The van der Waals surface area contributed by atoms with Gasteiger partial charge in [-0.25, -0.2) is 0 Å². The zero-order valence-electron chi connectivity index (χ0n) is 10.6. The third-order valence-electron chi connectivity index (χ3n) is 6.32. The lowest BCUT2D eigenvalue weighted by molar-refractivity contribution is -0.151. The van der Waals surface area contributed by atoms with Crippen molar-refractivity contribution in [3.8, 4) is 0 Å². The summed E-state index contributed by atoms with van der Waals surface area (Å²) in [5.41, 5.74) is 0. The number of fused-ring (bicyclic) bond motifs is 9. The molecule has 0 aromatic rings. The molecule has 7 atom stereocenters. The Bertz CT molecular complexity index is 351. The van der Waals surface area contributed by atoms with E-state index >= 15 is 0 Å². The molecule has 17 heavy (non-hydrogen) atoms. The van der Waals surface area contributed by atoms with Crippen LogP contribution in [-0.2, 0) is 9.53 Å². The first kappa shape index (κ1) is 10.4. The largest absolute Gasteiger partial charge is 0.466 e. The molecule has 4 aliphatic carbocycles. The van der Waals surface area contributed by atoms with Gasteiger partial charge in [-0.15, -0.1) is 0 Å². The van der Waals surface area contributed by atoms with Gasteiger partial charge in [0.2, 0.25) is 0 Å². The van der Waals surface area contributed by atoms with Crippen molar-refractivity contribution in [1.29, 1.82) is 0 Å². The number of ether oxygens (including phenoxy) is 1. The van der Waals surface area contributed by atoms with E-state index in [9.17, 15) is 4.79 Å². The molecule has 0 radical (unpaired) electrons. The monoisotopic (exact) mass is 234 g/mol. The number of carbonyl (C=O) groups excluding carboxylic acids is 1. The van der Waals surface area contributed by atoms with Gasteiger partial charge < -0.3 is 4.74 Å². The van der Waals surface area contributed by atoms with Crippen molar-refractivity contribution in [1.82, 2.24) is 0 Å². The Hall–Kier alpha value is -0.530. The Labute approximate surface area is 103 Å². The van der Waals surface area contributed by atoms with Gasteiger partial charge in [-0.3, -0.25) is 4.79 Å². The van der Waals surface area contributed by atoms with E-state index in [0.717, 1.165) is 36.0 Å². The topological polar surface area (TPSA) is 26.3 Å². The van der Waals surface area contributed by atoms with Crippen LogP contribution in [0.5, 0.6) is 0 Å². The Kier molecular flexibility index (Phi) is 2.13. The molecule has 0 heterocycles. The fourth-order valence-corrected chi connectivity index (χ4v) is 6.09. The summed E-state index contributed by atoms with van der Waals surface area (Å²) in [4.78, 5) is 12.0. The maximum absolute atomic E-state index is 12.0. The molecule has 2 nitrogen and oxygen atoms in total. The second-order valence-corrected chi connectivity index (χ2v) is 6.74. The van der Waals surface area contributed by atoms with Gasteiger partial charge in [0.05, 0.1) is 12.5 Å². The van der Waals surface area contributed by atoms with E-state index in [-0.39, 0.29) is 11.9 Å². The molecule has 0 aromatic heterocycles. The molecule has 0 aliphatic heterocycles. The van der Waals surface area contributed by atoms with Crippen LogP contribution < -0.4 is 0 Å². The van der Waals surface area contributed by atoms with Crippen LogP contribution in [0.1, 0.15) is 39.0 Å². The van der Waals surface area contributed by atoms with E-state index in [0.29, 0.717) is 12.5 Å². The van der Waals surface area contributed by atoms with Gasteiger partial charge >= 0.3 is 5.97 Å². The molecule has 0 saturated heterocycles. The van der Waals surface area contributed by atoms with Crippen molar-refractivity contribution in [2.45, 2.75) is 39.0 Å². The van der Waals surface area contributed by atoms with Crippen molar-refractivity contribution in [2.75, 3.05) is 6.61 Å². The zero-order chi connectivity index (χ0) is 11.6. The first-order valence-electron chi connectivity index (χ1n) is 7.46. The SMILES string of the molecule is CCOC(=O)C1CC2CC1C1C3CCC(C3)C21. The third-order valence-corrected chi connectivity index (χ3v) is 6.32. The van der Waals surface area contributed by atoms with E-state index in [1.54, 1.807) is 0 Å². The van der Waals surface area contributed by atoms with E-state index < -0.39 is 0 Å². The average Bonchev–Trinajstić information content (AvgIpc) is 3.07. The highest BCUT2D eigenvalue weighted by Gasteiger charge is 2.63. The Balaban J connectivity index is 1.57. The average molecular weight is 234 g/mol. The summed E-state index contributed by atoms with van der Waals surface area (Å²) >= 11 is 0. The van der Waals surface area contributed by atoms with Gasteiger partial charge in [0.1, 0.15) is 0 Å². The van der Waals surface area contributed by atoms with Crippen LogP contribution in [-0.4, -0.2) is 12.6 Å². The van der Waals surface area contributed by atoms with Gasteiger partial charge in [-0.1, -0.05) is 0 Å². The molecule has 4 aliphatic rings. The van der Waals surface area contributed by atoms with Gasteiger partial charge in [-0.05, 0) is 74.5 Å². The lowest BCUT2D eigenvalue weighted by Crippen LogP contribution is -2.36. The summed E-state index contributed by atoms with van der Waals surface area (Å²) in [5, 5.41) is 0. The van der Waals surface area contributed by atoms with Gasteiger partial charge in [0.15, 0.2) is 0 Å². The smallest absolute Gasteiger partial charge is 0.309 e. The Morgan fingerprint density at radius 2 is 1.82 bits per heavy atom. The number of carbonyl (C=O) groups is 1. The standard InChI is InChI=1S/C15H22O2/c1-2-17-15(16)12-7-10-6-11(12)14-9-4-3-8(5-9)13(10)14/h8-14H,2-7H2,1H3. The molecular formula is C15H22O2. The zero-order valence-corrected chi connectivity index (χ0v) is 10.6. The highest BCUT2D eigenvalue weighted by atomic mass is 16.5. The quantitative estimate of drug-likeness (QED) is 0.542. The molecule has 4 bridgehead atoms. The number of hydrogen-bond donors (Lipinski definition) is 0. The molecule has 4 saturated carbocycles. The van der Waals surface area contributed by atoms with Crippen molar-refractivity contribution in [2.24, 2.45) is 41.4 Å². The van der Waals surface area contributed by atoms with E-state index in [4.69, 9.17) is 4.74 Å². The maximum Gasteiger partial charge on any atom is 0.309 e. The van der Waals surface area contributed by atoms with E-state index in [1.807, 2.05) is 6.92 Å². The molecule has 4 rings (SSSR count). The minimum absolute atomic E-state index is 0.112. The van der Waals surface area contributed by atoms with Gasteiger partial charge in [0.25, 0.3) is 0 Å². The minimum atomic E-state index is 0.112. The van der Waals surface area contributed by atoms with Crippen LogP contribution in [0, 0.1) is 41.4 Å². The summed E-state index contributed by atoms with van der Waals surface area (Å²) in [5.74, 6) is 5.85. The van der Waals surface area contributed by atoms with Crippen LogP contribution in [0.4, 0.5) is 0 Å². The van der Waals surface area contributed by atoms with E-state index in [1.165, 1.54) is 25.7 Å². The molecule has 0 spiro atoms. The van der Waals surface area contributed by atoms with E-state index in [2.05, 4.69) is 0 Å². The molecule has 94 valence electrons. The fraction of sp³-hybridized carbons (Fsp3) is 0.933. The van der Waals surface area contributed by atoms with Crippen molar-refractivity contribution >= 4 is 5.97 Å². The number of esters is 1. The molecule has 4 fully saturated rings. The van der Waals surface area contributed by atoms with Crippen molar-refractivity contribution < 1.29 is 9.53 Å². The predicted octanol–water partition coefficient (Wildman–Crippen LogP) is 2.87. The minimum Gasteiger partial charge on any atom is -0.466 e. The molecule has 7 unspecified atom stereocenters. The third kappa shape index (κ3) is 1.25. The Morgan fingerprint density at radius 1 is 1.06 bits per heavy atom. The molecule has 2 heteroatoms. The fourth-order valence-electron chi connectivity index (χ4n) is 6.09.